The molecule has 1 aliphatic heterocycles. The van der Waals surface area contributed by atoms with Gasteiger partial charge in [-0.1, -0.05) is 54.1 Å². The van der Waals surface area contributed by atoms with Crippen LogP contribution in [0.2, 0.25) is 0 Å². The van der Waals surface area contributed by atoms with Crippen LogP contribution >= 0.6 is 0 Å². The lowest BCUT2D eigenvalue weighted by atomic mass is 9.88. The van der Waals surface area contributed by atoms with Crippen LogP contribution in [0.15, 0.2) is 66.7 Å². The van der Waals surface area contributed by atoms with Crippen molar-refractivity contribution in [3.63, 3.8) is 0 Å². The zero-order valence-corrected chi connectivity index (χ0v) is 16.3. The summed E-state index contributed by atoms with van der Waals surface area (Å²) in [6.07, 6.45) is 3.87. The SMILES string of the molecule is Cc1ccc(Nc2cccc(-c3ccc(C4CCNCC4)cc3)c2C=N)cc1. The van der Waals surface area contributed by atoms with Crippen molar-refractivity contribution < 1.29 is 0 Å². The Kier molecular flexibility index (Phi) is 5.54. The normalized spacial score (nSPS) is 14.6. The van der Waals surface area contributed by atoms with E-state index < -0.39 is 0 Å². The number of nitrogens with one attached hydrogen (secondary N) is 3. The molecule has 142 valence electrons. The Bertz CT molecular complexity index is 937. The van der Waals surface area contributed by atoms with Crippen LogP contribution in [0.3, 0.4) is 0 Å². The molecular formula is C25H27N3. The molecule has 0 unspecified atom stereocenters. The molecular weight excluding hydrogens is 342 g/mol. The monoisotopic (exact) mass is 369 g/mol. The van der Waals surface area contributed by atoms with Gasteiger partial charge in [0.05, 0.1) is 0 Å². The second-order valence-corrected chi connectivity index (χ2v) is 7.55. The Morgan fingerprint density at radius 1 is 0.929 bits per heavy atom. The number of hydrogen-bond acceptors (Lipinski definition) is 3. The molecule has 1 heterocycles. The molecule has 0 bridgehead atoms. The summed E-state index contributed by atoms with van der Waals surface area (Å²) < 4.78 is 0. The fourth-order valence-electron chi connectivity index (χ4n) is 3.96. The molecule has 3 aromatic carbocycles. The van der Waals surface area contributed by atoms with Crippen LogP contribution < -0.4 is 10.6 Å². The van der Waals surface area contributed by atoms with Crippen molar-refractivity contribution >= 4 is 17.6 Å². The van der Waals surface area contributed by atoms with Gasteiger partial charge in [-0.2, -0.15) is 0 Å². The minimum atomic E-state index is 0.659. The molecule has 3 aromatic rings. The first kappa shape index (κ1) is 18.5. The van der Waals surface area contributed by atoms with Gasteiger partial charge in [-0.15, -0.1) is 0 Å². The number of rotatable bonds is 5. The average molecular weight is 370 g/mol. The molecule has 0 atom stereocenters. The van der Waals surface area contributed by atoms with E-state index in [2.05, 4.69) is 78.2 Å². The summed E-state index contributed by atoms with van der Waals surface area (Å²) in [5.41, 5.74) is 7.81. The van der Waals surface area contributed by atoms with Gasteiger partial charge in [0.15, 0.2) is 0 Å². The van der Waals surface area contributed by atoms with Crippen LogP contribution in [0, 0.1) is 12.3 Å². The van der Waals surface area contributed by atoms with Gasteiger partial charge in [0.25, 0.3) is 0 Å². The Balaban J connectivity index is 1.62. The Hall–Kier alpha value is -2.91. The molecule has 1 fully saturated rings. The Morgan fingerprint density at radius 3 is 2.32 bits per heavy atom. The molecule has 0 aliphatic carbocycles. The van der Waals surface area contributed by atoms with Crippen LogP contribution in [-0.2, 0) is 0 Å². The molecule has 3 heteroatoms. The highest BCUT2D eigenvalue weighted by Gasteiger charge is 2.15. The van der Waals surface area contributed by atoms with Gasteiger partial charge in [-0.3, -0.25) is 0 Å². The lowest BCUT2D eigenvalue weighted by Gasteiger charge is -2.23. The van der Waals surface area contributed by atoms with E-state index in [-0.39, 0.29) is 0 Å². The van der Waals surface area contributed by atoms with E-state index in [1.54, 1.807) is 0 Å². The first-order valence-electron chi connectivity index (χ1n) is 10.0. The standard InChI is InChI=1S/C25H27N3/c1-18-5-11-22(12-6-18)28-25-4-2-3-23(24(25)17-26)21-9-7-19(8-10-21)20-13-15-27-16-14-20/h2-12,17,20,26-28H,13-16H2,1H3. The van der Waals surface area contributed by atoms with E-state index in [0.29, 0.717) is 5.92 Å². The molecule has 3 N–H and O–H groups in total. The van der Waals surface area contributed by atoms with E-state index >= 15 is 0 Å². The van der Waals surface area contributed by atoms with Crippen molar-refractivity contribution in [2.24, 2.45) is 0 Å². The highest BCUT2D eigenvalue weighted by atomic mass is 14.9. The summed E-state index contributed by atoms with van der Waals surface area (Å²) in [5.74, 6) is 0.659. The fraction of sp³-hybridized carbons (Fsp3) is 0.240. The van der Waals surface area contributed by atoms with Gasteiger partial charge in [0.1, 0.15) is 0 Å². The summed E-state index contributed by atoms with van der Waals surface area (Å²) in [5, 5.41) is 14.9. The minimum absolute atomic E-state index is 0.659. The lowest BCUT2D eigenvalue weighted by Crippen LogP contribution is -2.26. The zero-order valence-electron chi connectivity index (χ0n) is 16.3. The predicted molar refractivity (Wildman–Crippen MR) is 119 cm³/mol. The van der Waals surface area contributed by atoms with E-state index in [9.17, 15) is 0 Å². The van der Waals surface area contributed by atoms with Crippen molar-refractivity contribution in [1.29, 1.82) is 5.41 Å². The summed E-state index contributed by atoms with van der Waals surface area (Å²) >= 11 is 0. The average Bonchev–Trinajstić information content (AvgIpc) is 2.76. The van der Waals surface area contributed by atoms with Gasteiger partial charge in [-0.25, -0.2) is 0 Å². The predicted octanol–water partition coefficient (Wildman–Crippen LogP) is 5.87. The topological polar surface area (TPSA) is 47.9 Å². The number of anilines is 2. The first-order chi connectivity index (χ1) is 13.7. The molecule has 0 amide bonds. The Morgan fingerprint density at radius 2 is 1.64 bits per heavy atom. The number of piperidine rings is 1. The second-order valence-electron chi connectivity index (χ2n) is 7.55. The van der Waals surface area contributed by atoms with Gasteiger partial charge >= 0.3 is 0 Å². The van der Waals surface area contributed by atoms with Crippen molar-refractivity contribution in [2.45, 2.75) is 25.7 Å². The third kappa shape index (κ3) is 4.00. The maximum atomic E-state index is 8.01. The lowest BCUT2D eigenvalue weighted by molar-refractivity contribution is 0.460. The molecule has 0 spiro atoms. The molecule has 0 aromatic heterocycles. The molecule has 0 saturated carbocycles. The van der Waals surface area contributed by atoms with Crippen LogP contribution in [0.5, 0.6) is 0 Å². The molecule has 4 rings (SSSR count). The van der Waals surface area contributed by atoms with E-state index in [1.807, 2.05) is 6.07 Å². The fourth-order valence-corrected chi connectivity index (χ4v) is 3.96. The minimum Gasteiger partial charge on any atom is -0.355 e. The maximum absolute atomic E-state index is 8.01. The van der Waals surface area contributed by atoms with E-state index in [1.165, 1.54) is 30.2 Å². The molecule has 1 aliphatic rings. The van der Waals surface area contributed by atoms with Crippen molar-refractivity contribution in [3.8, 4) is 11.1 Å². The first-order valence-corrected chi connectivity index (χ1v) is 10.0. The van der Waals surface area contributed by atoms with Gasteiger partial charge in [0, 0.05) is 23.2 Å². The summed E-state index contributed by atoms with van der Waals surface area (Å²) in [6, 6.07) is 23.5. The molecule has 3 nitrogen and oxygen atoms in total. The highest BCUT2D eigenvalue weighted by Crippen LogP contribution is 2.32. The Labute approximate surface area is 167 Å². The zero-order chi connectivity index (χ0) is 19.3. The largest absolute Gasteiger partial charge is 0.355 e. The number of aryl methyl sites for hydroxylation is 1. The van der Waals surface area contributed by atoms with Gasteiger partial charge < -0.3 is 16.0 Å². The van der Waals surface area contributed by atoms with Gasteiger partial charge in [0.2, 0.25) is 0 Å². The van der Waals surface area contributed by atoms with Crippen molar-refractivity contribution in [1.82, 2.24) is 5.32 Å². The highest BCUT2D eigenvalue weighted by molar-refractivity contribution is 5.96. The maximum Gasteiger partial charge on any atom is 0.0479 e. The van der Waals surface area contributed by atoms with Crippen LogP contribution in [0.25, 0.3) is 11.1 Å². The summed E-state index contributed by atoms with van der Waals surface area (Å²) in [7, 11) is 0. The van der Waals surface area contributed by atoms with Crippen LogP contribution in [0.4, 0.5) is 11.4 Å². The van der Waals surface area contributed by atoms with Crippen LogP contribution in [-0.4, -0.2) is 19.3 Å². The molecule has 1 saturated heterocycles. The second kappa shape index (κ2) is 8.41. The molecule has 0 radical (unpaired) electrons. The van der Waals surface area contributed by atoms with Crippen LogP contribution in [0.1, 0.15) is 35.4 Å². The molecule has 28 heavy (non-hydrogen) atoms. The van der Waals surface area contributed by atoms with E-state index in [4.69, 9.17) is 5.41 Å². The quantitative estimate of drug-likeness (QED) is 0.493. The van der Waals surface area contributed by atoms with Crippen molar-refractivity contribution in [2.75, 3.05) is 18.4 Å². The smallest absolute Gasteiger partial charge is 0.0479 e. The van der Waals surface area contributed by atoms with E-state index in [0.717, 1.165) is 41.2 Å². The number of benzene rings is 3. The van der Waals surface area contributed by atoms with Gasteiger partial charge in [-0.05, 0) is 73.7 Å². The summed E-state index contributed by atoms with van der Waals surface area (Å²) in [6.45, 7) is 4.30. The third-order valence-electron chi connectivity index (χ3n) is 5.61. The number of hydrogen-bond donors (Lipinski definition) is 3. The third-order valence-corrected chi connectivity index (χ3v) is 5.61. The van der Waals surface area contributed by atoms with Crippen molar-refractivity contribution in [3.05, 3.63) is 83.4 Å². The summed E-state index contributed by atoms with van der Waals surface area (Å²) in [4.78, 5) is 0.